The number of alkyl halides is 4. The van der Waals surface area contributed by atoms with Gasteiger partial charge in [0, 0.05) is 41.1 Å². The zero-order valence-corrected chi connectivity index (χ0v) is 39.4. The maximum absolute atomic E-state index is 15.1. The smallest absolute Gasteiger partial charge is 0.336 e. The van der Waals surface area contributed by atoms with Crippen molar-refractivity contribution >= 4 is 17.3 Å². The Kier molecular flexibility index (Phi) is 11.3. The van der Waals surface area contributed by atoms with Gasteiger partial charge in [-0.15, -0.1) is 12.8 Å². The molecular weight excluding hydrogens is 865 g/mol. The predicted octanol–water partition coefficient (Wildman–Crippen LogP) is 12.3. The first-order valence-corrected chi connectivity index (χ1v) is 25.0. The number of terminal acetylenes is 2. The molecule has 11 rings (SSSR count). The third-order valence-electron chi connectivity index (χ3n) is 19.3. The van der Waals surface area contributed by atoms with E-state index in [-0.39, 0.29) is 65.7 Å². The first kappa shape index (κ1) is 46.9. The van der Waals surface area contributed by atoms with Crippen molar-refractivity contribution in [3.05, 3.63) is 116 Å². The van der Waals surface area contributed by atoms with Gasteiger partial charge in [0.1, 0.15) is 11.2 Å². The van der Waals surface area contributed by atoms with Gasteiger partial charge < -0.3 is 10.2 Å². The standard InChI is InChI=1S/C30H32F2O2.C29H30F2O3/c1-3-30(31,32)29(34)15-14-26-24-12-10-21-16-22(33)11-13-23(21)27(24)25(17-28(26,29)2)20-8-6-19(7-9-20)18-4-5-18;1-4-29(30,31)28(34)14-13-25-23-11-9-20-15-21(33)10-12-22(20)26(23)24(16-27(25,28)3)19-7-5-18(6-8-19)17(2)32/h1,6-9,16,18,24-26,34H,4-5,10-15,17H2,2H3;1,5-8,15,23-25,34H,9-14,16H2,2-3H3/t24?,25-,26?,28+,29+;23?,24-,25?,27+,28+/m11/s1. The molecular formula is C59H62F4O5. The van der Waals surface area contributed by atoms with Crippen LogP contribution in [-0.2, 0) is 9.59 Å². The van der Waals surface area contributed by atoms with Crippen LogP contribution in [0.15, 0.2) is 94.1 Å². The number of ketones is 3. The summed E-state index contributed by atoms with van der Waals surface area (Å²) in [5, 5.41) is 23.1. The van der Waals surface area contributed by atoms with Crippen molar-refractivity contribution in [2.75, 3.05) is 0 Å². The molecule has 356 valence electrons. The average Bonchev–Trinajstić information content (AvgIpc) is 4.09. The Morgan fingerprint density at radius 3 is 1.38 bits per heavy atom. The number of carbonyl (C=O) groups excluding carboxylic acids is 3. The molecule has 9 aliphatic rings. The zero-order chi connectivity index (χ0) is 48.3. The van der Waals surface area contributed by atoms with E-state index in [9.17, 15) is 24.6 Å². The molecule has 0 amide bonds. The Bertz CT molecular complexity index is 2690. The van der Waals surface area contributed by atoms with Crippen LogP contribution in [0.1, 0.15) is 168 Å². The third-order valence-corrected chi connectivity index (χ3v) is 19.3. The predicted molar refractivity (Wildman–Crippen MR) is 253 cm³/mol. The number of Topliss-reactive ketones (excluding diaryl/α,β-unsaturated/α-hetero) is 1. The number of benzene rings is 2. The molecule has 5 saturated carbocycles. The van der Waals surface area contributed by atoms with Gasteiger partial charge >= 0.3 is 11.8 Å². The van der Waals surface area contributed by atoms with E-state index >= 15 is 17.6 Å². The van der Waals surface area contributed by atoms with Gasteiger partial charge in [0.05, 0.1) is 0 Å². The van der Waals surface area contributed by atoms with E-state index in [4.69, 9.17) is 12.8 Å². The number of hydrogen-bond donors (Lipinski definition) is 2. The summed E-state index contributed by atoms with van der Waals surface area (Å²) in [6.45, 7) is 5.17. The van der Waals surface area contributed by atoms with Crippen LogP contribution < -0.4 is 0 Å². The lowest BCUT2D eigenvalue weighted by Crippen LogP contribution is -2.60. The van der Waals surface area contributed by atoms with Crippen LogP contribution >= 0.6 is 0 Å². The highest BCUT2D eigenvalue weighted by molar-refractivity contribution is 5.94. The topological polar surface area (TPSA) is 91.7 Å². The molecule has 2 aromatic carbocycles. The SMILES string of the molecule is C#CC(F)(F)[C@]1(O)CCC2C3CCC4=CC(=O)CCC4=C3[C@@H](c3ccc(C(C)=O)cc3)C[C@@]21C.C#CC(F)(F)[C@]1(O)CCC2C3CCC4=CC(=O)CCC4=C3[C@@H](c3ccc(C4CC4)cc3)C[C@@]21C. The van der Waals surface area contributed by atoms with Gasteiger partial charge in [-0.2, -0.15) is 17.6 Å². The van der Waals surface area contributed by atoms with Crippen LogP contribution in [0.3, 0.4) is 0 Å². The van der Waals surface area contributed by atoms with Gasteiger partial charge in [0.2, 0.25) is 0 Å². The quantitative estimate of drug-likeness (QED) is 0.171. The second-order valence-corrected chi connectivity index (χ2v) is 22.3. The van der Waals surface area contributed by atoms with Crippen molar-refractivity contribution in [1.29, 1.82) is 0 Å². The van der Waals surface area contributed by atoms with E-state index in [1.807, 2.05) is 25.1 Å². The molecule has 9 aliphatic carbocycles. The van der Waals surface area contributed by atoms with Crippen molar-refractivity contribution in [2.45, 2.75) is 164 Å². The summed E-state index contributed by atoms with van der Waals surface area (Å²) in [5.41, 5.74) is 4.82. The van der Waals surface area contributed by atoms with E-state index in [1.54, 1.807) is 37.0 Å². The number of hydrogen-bond acceptors (Lipinski definition) is 5. The van der Waals surface area contributed by atoms with E-state index < -0.39 is 33.9 Å². The third kappa shape index (κ3) is 6.98. The largest absolute Gasteiger partial charge is 0.382 e. The average molecular weight is 927 g/mol. The highest BCUT2D eigenvalue weighted by atomic mass is 19.3. The van der Waals surface area contributed by atoms with Gasteiger partial charge in [-0.3, -0.25) is 14.4 Å². The van der Waals surface area contributed by atoms with Crippen LogP contribution in [-0.4, -0.2) is 50.6 Å². The molecule has 4 unspecified atom stereocenters. The molecule has 0 aliphatic heterocycles. The Labute approximate surface area is 398 Å². The first-order chi connectivity index (χ1) is 32.2. The molecule has 2 aromatic rings. The molecule has 2 N–H and O–H groups in total. The number of rotatable bonds is 6. The number of carbonyl (C=O) groups is 3. The molecule has 10 atom stereocenters. The molecule has 0 saturated heterocycles. The van der Waals surface area contributed by atoms with E-state index in [0.29, 0.717) is 56.4 Å². The summed E-state index contributed by atoms with van der Waals surface area (Å²) in [6, 6.07) is 16.1. The van der Waals surface area contributed by atoms with E-state index in [2.05, 4.69) is 24.3 Å². The van der Waals surface area contributed by atoms with Crippen LogP contribution in [0.5, 0.6) is 0 Å². The van der Waals surface area contributed by atoms with Gasteiger partial charge in [0.25, 0.3) is 0 Å². The van der Waals surface area contributed by atoms with Crippen LogP contribution in [0.4, 0.5) is 17.6 Å². The molecule has 0 heterocycles. The van der Waals surface area contributed by atoms with Gasteiger partial charge in [-0.25, -0.2) is 0 Å². The Balaban J connectivity index is 0.000000159. The number of allylic oxidation sites excluding steroid dienone is 8. The van der Waals surface area contributed by atoms with Crippen LogP contribution in [0.2, 0.25) is 0 Å². The molecule has 68 heavy (non-hydrogen) atoms. The lowest BCUT2D eigenvalue weighted by Gasteiger charge is -2.55. The summed E-state index contributed by atoms with van der Waals surface area (Å²) >= 11 is 0. The maximum atomic E-state index is 15.1. The fraction of sp³-hybridized carbons (Fsp3) is 0.542. The van der Waals surface area contributed by atoms with E-state index in [0.717, 1.165) is 54.4 Å². The first-order valence-electron chi connectivity index (χ1n) is 25.0. The molecule has 0 spiro atoms. The van der Waals surface area contributed by atoms with Gasteiger partial charge in [-0.1, -0.05) is 73.5 Å². The van der Waals surface area contributed by atoms with Gasteiger partial charge in [0.15, 0.2) is 17.3 Å². The van der Waals surface area contributed by atoms with Crippen molar-refractivity contribution < 1.29 is 42.2 Å². The summed E-state index contributed by atoms with van der Waals surface area (Å²) in [4.78, 5) is 36.1. The minimum absolute atomic E-state index is 0.0261. The maximum Gasteiger partial charge on any atom is 0.336 e. The fourth-order valence-corrected chi connectivity index (χ4v) is 15.6. The van der Waals surface area contributed by atoms with Crippen LogP contribution in [0, 0.1) is 59.2 Å². The second-order valence-electron chi connectivity index (χ2n) is 22.3. The van der Waals surface area contributed by atoms with Crippen molar-refractivity contribution in [2.24, 2.45) is 34.5 Å². The van der Waals surface area contributed by atoms with Crippen molar-refractivity contribution in [1.82, 2.24) is 0 Å². The molecule has 5 fully saturated rings. The number of halogens is 4. The molecule has 5 nitrogen and oxygen atoms in total. The highest BCUT2D eigenvalue weighted by Gasteiger charge is 2.72. The summed E-state index contributed by atoms with van der Waals surface area (Å²) in [7, 11) is 0. The normalized spacial score (nSPS) is 36.3. The Morgan fingerprint density at radius 1 is 0.603 bits per heavy atom. The number of fused-ring (bicyclic) bond motifs is 8. The zero-order valence-electron chi connectivity index (χ0n) is 39.4. The highest BCUT2D eigenvalue weighted by Crippen LogP contribution is 2.71. The Morgan fingerprint density at radius 2 is 1.00 bits per heavy atom. The van der Waals surface area contributed by atoms with Gasteiger partial charge in [-0.05, 0) is 189 Å². The lowest BCUT2D eigenvalue weighted by molar-refractivity contribution is -0.209. The summed E-state index contributed by atoms with van der Waals surface area (Å²) in [5.74, 6) is -3.19. The number of aliphatic hydroxyl groups is 2. The lowest BCUT2D eigenvalue weighted by atomic mass is 9.50. The van der Waals surface area contributed by atoms with Crippen molar-refractivity contribution in [3.63, 3.8) is 0 Å². The van der Waals surface area contributed by atoms with E-state index in [1.165, 1.54) is 47.6 Å². The summed E-state index contributed by atoms with van der Waals surface area (Å²) in [6.07, 6.45) is 24.0. The fourth-order valence-electron chi connectivity index (χ4n) is 15.6. The summed E-state index contributed by atoms with van der Waals surface area (Å²) < 4.78 is 60.4. The van der Waals surface area contributed by atoms with Crippen LogP contribution in [0.25, 0.3) is 0 Å². The molecule has 0 aromatic heterocycles. The molecule has 0 radical (unpaired) electrons. The Hall–Kier alpha value is -4.83. The molecule has 9 heteroatoms. The second kappa shape index (κ2) is 16.4. The monoisotopic (exact) mass is 926 g/mol. The van der Waals surface area contributed by atoms with Crippen molar-refractivity contribution in [3.8, 4) is 24.7 Å². The minimum atomic E-state index is -3.62. The molecule has 0 bridgehead atoms. The minimum Gasteiger partial charge on any atom is -0.382 e.